The second-order valence-electron chi connectivity index (χ2n) is 6.81. The van der Waals surface area contributed by atoms with Crippen LogP contribution in [0.25, 0.3) is 5.78 Å². The van der Waals surface area contributed by atoms with E-state index in [2.05, 4.69) is 20.1 Å². The second-order valence-corrected chi connectivity index (χ2v) is 7.71. The normalized spacial score (nSPS) is 15.4. The summed E-state index contributed by atoms with van der Waals surface area (Å²) < 4.78 is 1.66. The van der Waals surface area contributed by atoms with E-state index in [9.17, 15) is 9.59 Å². The molecule has 0 unspecified atom stereocenters. The fourth-order valence-electron chi connectivity index (χ4n) is 3.44. The third-order valence-corrected chi connectivity index (χ3v) is 5.62. The SMILES string of the molecule is Cc1cc(C)n2nc(CC(=O)N3CCC(C(=O)c4nccs4)CC3)nc2n1. The minimum Gasteiger partial charge on any atom is -0.342 e. The Morgan fingerprint density at radius 3 is 2.70 bits per heavy atom. The monoisotopic (exact) mass is 384 g/mol. The van der Waals surface area contributed by atoms with Crippen LogP contribution in [-0.4, -0.2) is 54.2 Å². The van der Waals surface area contributed by atoms with Crippen LogP contribution in [0.4, 0.5) is 0 Å². The molecule has 1 amide bonds. The fourth-order valence-corrected chi connectivity index (χ4v) is 4.10. The summed E-state index contributed by atoms with van der Waals surface area (Å²) in [5.41, 5.74) is 1.81. The molecule has 0 N–H and O–H groups in total. The first kappa shape index (κ1) is 17.7. The van der Waals surface area contributed by atoms with Crippen molar-refractivity contribution < 1.29 is 9.59 Å². The lowest BCUT2D eigenvalue weighted by Crippen LogP contribution is -2.41. The maximum Gasteiger partial charge on any atom is 0.252 e. The molecule has 1 aliphatic heterocycles. The van der Waals surface area contributed by atoms with Gasteiger partial charge in [0.25, 0.3) is 5.78 Å². The molecule has 0 atom stereocenters. The zero-order valence-electron chi connectivity index (χ0n) is 15.3. The number of amides is 1. The van der Waals surface area contributed by atoms with Crippen LogP contribution in [0, 0.1) is 19.8 Å². The van der Waals surface area contributed by atoms with E-state index in [1.165, 1.54) is 11.3 Å². The van der Waals surface area contributed by atoms with Crippen molar-refractivity contribution in [1.82, 2.24) is 29.5 Å². The van der Waals surface area contributed by atoms with Crippen LogP contribution in [0.2, 0.25) is 0 Å². The van der Waals surface area contributed by atoms with E-state index >= 15 is 0 Å². The van der Waals surface area contributed by atoms with Crippen LogP contribution in [0.15, 0.2) is 17.6 Å². The molecule has 0 radical (unpaired) electrons. The summed E-state index contributed by atoms with van der Waals surface area (Å²) in [4.78, 5) is 39.6. The number of aromatic nitrogens is 5. The van der Waals surface area contributed by atoms with Crippen LogP contribution in [0.5, 0.6) is 0 Å². The summed E-state index contributed by atoms with van der Waals surface area (Å²) >= 11 is 1.37. The molecule has 1 saturated heterocycles. The number of ketones is 1. The highest BCUT2D eigenvalue weighted by Crippen LogP contribution is 2.23. The lowest BCUT2D eigenvalue weighted by Gasteiger charge is -2.30. The van der Waals surface area contributed by atoms with Crippen molar-refractivity contribution in [3.05, 3.63) is 39.9 Å². The van der Waals surface area contributed by atoms with Gasteiger partial charge in [-0.15, -0.1) is 16.4 Å². The molecule has 0 spiro atoms. The molecule has 0 saturated carbocycles. The molecule has 140 valence electrons. The average molecular weight is 384 g/mol. The van der Waals surface area contributed by atoms with Crippen molar-refractivity contribution in [2.24, 2.45) is 5.92 Å². The number of Topliss-reactive ketones (excluding diaryl/α,β-unsaturated/α-hetero) is 1. The molecular formula is C18H20N6O2S. The van der Waals surface area contributed by atoms with Crippen molar-refractivity contribution >= 4 is 28.8 Å². The minimum absolute atomic E-state index is 0.0135. The predicted octanol–water partition coefficient (Wildman–Crippen LogP) is 1.86. The number of thiazole rings is 1. The maximum absolute atomic E-state index is 12.6. The Morgan fingerprint density at radius 1 is 1.22 bits per heavy atom. The smallest absolute Gasteiger partial charge is 0.252 e. The predicted molar refractivity (Wildman–Crippen MR) is 99.7 cm³/mol. The first-order valence-corrected chi connectivity index (χ1v) is 9.80. The second kappa shape index (κ2) is 7.15. The van der Waals surface area contributed by atoms with Gasteiger partial charge in [0.2, 0.25) is 5.91 Å². The quantitative estimate of drug-likeness (QED) is 0.638. The summed E-state index contributed by atoms with van der Waals surface area (Å²) in [5.74, 6) is 1.02. The van der Waals surface area contributed by atoms with Crippen LogP contribution >= 0.6 is 11.3 Å². The first-order chi connectivity index (χ1) is 13.0. The number of carbonyl (C=O) groups is 2. The van der Waals surface area contributed by atoms with Gasteiger partial charge >= 0.3 is 0 Å². The molecular weight excluding hydrogens is 364 g/mol. The van der Waals surface area contributed by atoms with Gasteiger partial charge in [-0.3, -0.25) is 9.59 Å². The molecule has 3 aromatic heterocycles. The summed E-state index contributed by atoms with van der Waals surface area (Å²) in [6, 6.07) is 1.93. The van der Waals surface area contributed by atoms with Crippen molar-refractivity contribution in [2.45, 2.75) is 33.1 Å². The van der Waals surface area contributed by atoms with Crippen LogP contribution in [0.1, 0.15) is 39.9 Å². The Bertz CT molecular complexity index is 989. The van der Waals surface area contributed by atoms with Gasteiger partial charge < -0.3 is 4.90 Å². The van der Waals surface area contributed by atoms with Crippen LogP contribution < -0.4 is 0 Å². The van der Waals surface area contributed by atoms with E-state index in [1.54, 1.807) is 15.6 Å². The van der Waals surface area contributed by atoms with E-state index in [-0.39, 0.29) is 24.0 Å². The van der Waals surface area contributed by atoms with Gasteiger partial charge in [-0.2, -0.15) is 4.98 Å². The highest BCUT2D eigenvalue weighted by Gasteiger charge is 2.29. The Morgan fingerprint density at radius 2 is 2.00 bits per heavy atom. The zero-order valence-corrected chi connectivity index (χ0v) is 16.1. The number of rotatable bonds is 4. The molecule has 4 heterocycles. The van der Waals surface area contributed by atoms with E-state index in [0.29, 0.717) is 42.5 Å². The molecule has 0 aliphatic carbocycles. The molecule has 0 bridgehead atoms. The highest BCUT2D eigenvalue weighted by atomic mass is 32.1. The van der Waals surface area contributed by atoms with Crippen molar-refractivity contribution in [1.29, 1.82) is 0 Å². The molecule has 3 aromatic rings. The van der Waals surface area contributed by atoms with Crippen molar-refractivity contribution in [3.8, 4) is 0 Å². The zero-order chi connectivity index (χ0) is 19.0. The average Bonchev–Trinajstić information content (AvgIpc) is 3.31. The van der Waals surface area contributed by atoms with E-state index in [4.69, 9.17) is 0 Å². The lowest BCUT2D eigenvalue weighted by atomic mass is 9.92. The fraction of sp³-hybridized carbons (Fsp3) is 0.444. The number of aryl methyl sites for hydroxylation is 2. The summed E-state index contributed by atoms with van der Waals surface area (Å²) in [7, 11) is 0. The van der Waals surface area contributed by atoms with Crippen molar-refractivity contribution in [2.75, 3.05) is 13.1 Å². The van der Waals surface area contributed by atoms with Gasteiger partial charge in [0.1, 0.15) is 0 Å². The summed E-state index contributed by atoms with van der Waals surface area (Å²) in [6.45, 7) is 4.99. The number of piperidine rings is 1. The van der Waals surface area contributed by atoms with E-state index < -0.39 is 0 Å². The topological polar surface area (TPSA) is 93.4 Å². The Balaban J connectivity index is 1.38. The van der Waals surface area contributed by atoms with Gasteiger partial charge in [0, 0.05) is 42.0 Å². The van der Waals surface area contributed by atoms with Gasteiger partial charge in [0.05, 0.1) is 6.42 Å². The molecule has 9 heteroatoms. The maximum atomic E-state index is 12.6. The number of nitrogens with zero attached hydrogens (tertiary/aromatic N) is 6. The van der Waals surface area contributed by atoms with E-state index in [1.807, 2.05) is 25.3 Å². The number of likely N-dealkylation sites (tertiary alicyclic amines) is 1. The van der Waals surface area contributed by atoms with Gasteiger partial charge in [0.15, 0.2) is 16.6 Å². The largest absolute Gasteiger partial charge is 0.342 e. The number of fused-ring (bicyclic) bond motifs is 1. The number of carbonyl (C=O) groups excluding carboxylic acids is 2. The van der Waals surface area contributed by atoms with Crippen LogP contribution in [-0.2, 0) is 11.2 Å². The third kappa shape index (κ3) is 3.59. The Labute approximate surface area is 160 Å². The Kier molecular flexibility index (Phi) is 4.69. The van der Waals surface area contributed by atoms with Gasteiger partial charge in [-0.25, -0.2) is 14.5 Å². The van der Waals surface area contributed by atoms with Crippen LogP contribution in [0.3, 0.4) is 0 Å². The number of hydrogen-bond donors (Lipinski definition) is 0. The molecule has 8 nitrogen and oxygen atoms in total. The molecule has 4 rings (SSSR count). The lowest BCUT2D eigenvalue weighted by molar-refractivity contribution is -0.131. The number of hydrogen-bond acceptors (Lipinski definition) is 7. The summed E-state index contributed by atoms with van der Waals surface area (Å²) in [5, 5.41) is 6.77. The molecule has 1 fully saturated rings. The standard InChI is InChI=1S/C18H20N6O2S/c1-11-9-12(2)24-18(20-11)21-14(22-24)10-15(25)23-6-3-13(4-7-23)16(26)17-19-5-8-27-17/h5,8-9,13H,3-4,6-7,10H2,1-2H3. The molecule has 1 aliphatic rings. The van der Waals surface area contributed by atoms with Gasteiger partial charge in [-0.05, 0) is 32.8 Å². The highest BCUT2D eigenvalue weighted by molar-refractivity contribution is 7.11. The third-order valence-electron chi connectivity index (χ3n) is 4.83. The van der Waals surface area contributed by atoms with Gasteiger partial charge in [-0.1, -0.05) is 0 Å². The first-order valence-electron chi connectivity index (χ1n) is 8.92. The molecule has 27 heavy (non-hydrogen) atoms. The summed E-state index contributed by atoms with van der Waals surface area (Å²) in [6.07, 6.45) is 3.13. The van der Waals surface area contributed by atoms with Crippen molar-refractivity contribution in [3.63, 3.8) is 0 Å². The Hall–Kier alpha value is -2.68. The minimum atomic E-state index is -0.0525. The van der Waals surface area contributed by atoms with E-state index in [0.717, 1.165) is 11.4 Å². The molecule has 0 aromatic carbocycles.